The highest BCUT2D eigenvalue weighted by Gasteiger charge is 2.52. The summed E-state index contributed by atoms with van der Waals surface area (Å²) in [5.74, 6) is 0.278. The highest BCUT2D eigenvalue weighted by atomic mass is 32.2. The van der Waals surface area contributed by atoms with Crippen LogP contribution in [0.4, 0.5) is 11.6 Å². The van der Waals surface area contributed by atoms with E-state index in [4.69, 9.17) is 4.98 Å². The van der Waals surface area contributed by atoms with E-state index in [1.807, 2.05) is 34.9 Å². The molecule has 7 aliphatic rings. The van der Waals surface area contributed by atoms with Gasteiger partial charge in [0.15, 0.2) is 0 Å². The van der Waals surface area contributed by atoms with Crippen LogP contribution in [0.25, 0.3) is 11.0 Å². The molecule has 3 amide bonds. The summed E-state index contributed by atoms with van der Waals surface area (Å²) in [7, 11) is -3.70. The lowest BCUT2D eigenvalue weighted by Gasteiger charge is -2.40. The van der Waals surface area contributed by atoms with E-state index in [0.29, 0.717) is 73.4 Å². The van der Waals surface area contributed by atoms with Crippen LogP contribution in [0.15, 0.2) is 70.5 Å². The number of carbonyl (C=O) groups is 3. The van der Waals surface area contributed by atoms with Gasteiger partial charge in [0, 0.05) is 93.7 Å². The number of nitrogens with zero attached hydrogens (tertiary/aromatic N) is 7. The Kier molecular flexibility index (Phi) is 9.13. The Bertz CT molecular complexity index is 2500. The summed E-state index contributed by atoms with van der Waals surface area (Å²) in [4.78, 5) is 66.2. The van der Waals surface area contributed by atoms with Gasteiger partial charge >= 0.3 is 0 Å². The number of nitrogens with one attached hydrogen (secondary N) is 2. The molecule has 1 atom stereocenters. The monoisotopic (exact) mass is 805 g/mol. The molecule has 3 aliphatic carbocycles. The number of sulfonamides is 1. The molecule has 15 nitrogen and oxygen atoms in total. The molecule has 2 aromatic heterocycles. The number of amides is 3. The molecule has 16 heteroatoms. The van der Waals surface area contributed by atoms with Crippen LogP contribution in [0, 0.1) is 5.92 Å². The van der Waals surface area contributed by atoms with E-state index in [9.17, 15) is 27.6 Å². The Morgan fingerprint density at radius 1 is 0.879 bits per heavy atom. The van der Waals surface area contributed by atoms with Crippen molar-refractivity contribution in [1.29, 1.82) is 0 Å². The second kappa shape index (κ2) is 14.3. The number of piperidine rings is 2. The lowest BCUT2D eigenvalue weighted by molar-refractivity contribution is -0.136. The van der Waals surface area contributed by atoms with Crippen LogP contribution >= 0.6 is 0 Å². The number of fused-ring (bicyclic) bond motifs is 3. The number of piperazine rings is 1. The average molecular weight is 806 g/mol. The maximum atomic E-state index is 13.9. The number of benzene rings is 2. The predicted octanol–water partition coefficient (Wildman–Crippen LogP) is 3.04. The third-order valence-electron chi connectivity index (χ3n) is 13.4. The summed E-state index contributed by atoms with van der Waals surface area (Å²) in [6.07, 6.45) is 7.78. The minimum atomic E-state index is -3.70. The average Bonchev–Trinajstić information content (AvgIpc) is 3.92. The van der Waals surface area contributed by atoms with Gasteiger partial charge in [0.1, 0.15) is 11.7 Å². The summed E-state index contributed by atoms with van der Waals surface area (Å²) in [5, 5.41) is 6.64. The van der Waals surface area contributed by atoms with Gasteiger partial charge in [-0.15, -0.1) is 0 Å². The molecule has 1 unspecified atom stereocenters. The summed E-state index contributed by atoms with van der Waals surface area (Å²) >= 11 is 0. The Hall–Kier alpha value is -5.19. The molecule has 11 rings (SSSR count). The molecule has 302 valence electrons. The number of aromatic nitrogens is 3. The maximum Gasteiger partial charge on any atom is 0.255 e. The largest absolute Gasteiger partial charge is 0.369 e. The second-order valence-corrected chi connectivity index (χ2v) is 18.9. The quantitative estimate of drug-likeness (QED) is 0.239. The topological polar surface area (TPSA) is 170 Å². The zero-order chi connectivity index (χ0) is 39.8. The summed E-state index contributed by atoms with van der Waals surface area (Å²) in [6.45, 7) is 4.85. The number of rotatable bonds is 9. The van der Waals surface area contributed by atoms with Gasteiger partial charge < -0.3 is 15.1 Å². The summed E-state index contributed by atoms with van der Waals surface area (Å²) < 4.78 is 31.2. The third-order valence-corrected chi connectivity index (χ3v) is 15.3. The smallest absolute Gasteiger partial charge is 0.255 e. The molecule has 2 bridgehead atoms. The fourth-order valence-corrected chi connectivity index (χ4v) is 11.8. The Morgan fingerprint density at radius 3 is 2.45 bits per heavy atom. The van der Waals surface area contributed by atoms with Gasteiger partial charge in [-0.25, -0.2) is 13.4 Å². The number of hydrogen-bond acceptors (Lipinski definition) is 11. The van der Waals surface area contributed by atoms with Gasteiger partial charge in [-0.3, -0.25) is 34.0 Å². The van der Waals surface area contributed by atoms with E-state index in [2.05, 4.69) is 25.4 Å². The first kappa shape index (κ1) is 37.1. The van der Waals surface area contributed by atoms with Crippen molar-refractivity contribution in [2.24, 2.45) is 5.92 Å². The molecule has 0 spiro atoms. The van der Waals surface area contributed by atoms with Crippen molar-refractivity contribution in [1.82, 2.24) is 34.0 Å². The van der Waals surface area contributed by atoms with E-state index in [-0.39, 0.29) is 35.4 Å². The number of imide groups is 1. The Labute approximate surface area is 336 Å². The number of hydrogen-bond donors (Lipinski definition) is 2. The number of anilines is 2. The van der Waals surface area contributed by atoms with Crippen molar-refractivity contribution < 1.29 is 22.8 Å². The van der Waals surface area contributed by atoms with E-state index < -0.39 is 22.0 Å². The minimum absolute atomic E-state index is 0.00216. The van der Waals surface area contributed by atoms with Crippen LogP contribution in [0.3, 0.4) is 0 Å². The van der Waals surface area contributed by atoms with Gasteiger partial charge in [-0.2, -0.15) is 9.29 Å². The van der Waals surface area contributed by atoms with Gasteiger partial charge in [0.05, 0.1) is 10.4 Å². The number of pyridine rings is 1. The van der Waals surface area contributed by atoms with Crippen LogP contribution in [0.2, 0.25) is 0 Å². The predicted molar refractivity (Wildman–Crippen MR) is 216 cm³/mol. The molecule has 58 heavy (non-hydrogen) atoms. The molecule has 0 radical (unpaired) electrons. The molecule has 3 saturated heterocycles. The molecule has 3 saturated carbocycles. The van der Waals surface area contributed by atoms with Crippen molar-refractivity contribution in [3.05, 3.63) is 87.8 Å². The van der Waals surface area contributed by atoms with Gasteiger partial charge in [0.2, 0.25) is 27.8 Å². The third kappa shape index (κ3) is 6.54. The SMILES string of the molecule is O=C1CCC(N2Cc3cc(N4CCN(Cc5cccc(S(=O)(=O)N6CCC(Nc7ncc8ccc(=O)n(C9%10CCC(C9)C%10)c8n7)CC6)c5)CC4)ccc3C2=O)C(=O)N1. The van der Waals surface area contributed by atoms with E-state index in [1.54, 1.807) is 39.7 Å². The first-order valence-corrected chi connectivity index (χ1v) is 22.0. The van der Waals surface area contributed by atoms with Gasteiger partial charge in [-0.1, -0.05) is 12.1 Å². The van der Waals surface area contributed by atoms with Gasteiger partial charge in [0.25, 0.3) is 11.5 Å². The van der Waals surface area contributed by atoms with Gasteiger partial charge in [-0.05, 0) is 98.4 Å². The van der Waals surface area contributed by atoms with Crippen LogP contribution in [0.5, 0.6) is 0 Å². The van der Waals surface area contributed by atoms with Crippen LogP contribution in [0.1, 0.15) is 72.9 Å². The Morgan fingerprint density at radius 2 is 1.69 bits per heavy atom. The maximum absolute atomic E-state index is 13.9. The lowest BCUT2D eigenvalue weighted by Crippen LogP contribution is -2.52. The number of carbonyl (C=O) groups excluding carboxylic acids is 3. The highest BCUT2D eigenvalue weighted by Crippen LogP contribution is 2.57. The zero-order valence-corrected chi connectivity index (χ0v) is 33.1. The van der Waals surface area contributed by atoms with Crippen LogP contribution in [-0.4, -0.2) is 106 Å². The van der Waals surface area contributed by atoms with Crippen molar-refractivity contribution in [3.8, 4) is 0 Å². The van der Waals surface area contributed by atoms with Crippen molar-refractivity contribution >= 4 is 50.4 Å². The fraction of sp³-hybridized carbons (Fsp3) is 0.476. The Balaban J connectivity index is 0.736. The second-order valence-electron chi connectivity index (χ2n) is 17.0. The molecular formula is C42H47N9O6S. The van der Waals surface area contributed by atoms with Crippen molar-refractivity contribution in [3.63, 3.8) is 0 Å². The van der Waals surface area contributed by atoms with E-state index in [0.717, 1.165) is 74.1 Å². The highest BCUT2D eigenvalue weighted by molar-refractivity contribution is 7.89. The molecular weight excluding hydrogens is 759 g/mol. The first-order chi connectivity index (χ1) is 28.0. The minimum Gasteiger partial charge on any atom is -0.369 e. The van der Waals surface area contributed by atoms with E-state index >= 15 is 0 Å². The van der Waals surface area contributed by atoms with Crippen LogP contribution in [-0.2, 0) is 38.2 Å². The zero-order valence-electron chi connectivity index (χ0n) is 32.3. The van der Waals surface area contributed by atoms with Crippen LogP contribution < -0.4 is 21.1 Å². The molecule has 2 aromatic carbocycles. The first-order valence-electron chi connectivity index (χ1n) is 20.5. The molecule has 4 aliphatic heterocycles. The molecule has 6 fully saturated rings. The lowest BCUT2D eigenvalue weighted by atomic mass is 9.76. The normalized spacial score (nSPS) is 25.6. The van der Waals surface area contributed by atoms with Crippen molar-refractivity contribution in [2.75, 3.05) is 49.5 Å². The standard InChI is InChI=1S/C42H47N9O6S/c52-36-8-7-35(39(54)45-36)50-26-30-21-32(5-6-34(30)40(50)55)48-18-16-47(17-19-48)25-27-2-1-3-33(20-27)58(56,57)49-14-11-31(12-15-49)44-41-43-24-29-4-9-37(53)51(38(29)46-41)42-13-10-28(22-42)23-42/h1-6,9,20-21,24,28,31,35H,7-8,10-19,22-23,25-26H2,(H,43,44,46)(H,45,52,54). The van der Waals surface area contributed by atoms with Crippen molar-refractivity contribution in [2.45, 2.75) is 87.0 Å². The van der Waals surface area contributed by atoms with E-state index in [1.165, 1.54) is 0 Å². The fourth-order valence-electron chi connectivity index (χ4n) is 10.3. The molecule has 2 N–H and O–H groups in total. The summed E-state index contributed by atoms with van der Waals surface area (Å²) in [5.41, 5.74) is 3.98. The molecule has 6 heterocycles. The summed E-state index contributed by atoms with van der Waals surface area (Å²) in [6, 6.07) is 15.9. The molecule has 4 aromatic rings.